The van der Waals surface area contributed by atoms with Gasteiger partial charge in [0.2, 0.25) is 0 Å². The molecule has 5 heteroatoms. The lowest BCUT2D eigenvalue weighted by molar-refractivity contribution is 0.0139. The Hall–Kier alpha value is -0.680. The van der Waals surface area contributed by atoms with E-state index >= 15 is 0 Å². The molecule has 0 atom stereocenters. The molecule has 3 nitrogen and oxygen atoms in total. The van der Waals surface area contributed by atoms with Gasteiger partial charge in [-0.05, 0) is 36.8 Å². The van der Waals surface area contributed by atoms with Crippen LogP contribution in [-0.4, -0.2) is 40.0 Å². The van der Waals surface area contributed by atoms with Crippen molar-refractivity contribution in [3.8, 4) is 0 Å². The van der Waals surface area contributed by atoms with Gasteiger partial charge in [0.05, 0.1) is 6.61 Å². The topological polar surface area (TPSA) is 30.5 Å². The first-order chi connectivity index (χ1) is 10.2. The molecule has 0 unspecified atom stereocenters. The summed E-state index contributed by atoms with van der Waals surface area (Å²) in [4.78, 5) is 0. The van der Waals surface area contributed by atoms with E-state index < -0.39 is 0 Å². The minimum atomic E-state index is -0.217. The van der Waals surface area contributed by atoms with E-state index in [4.69, 9.17) is 21.1 Å². The highest BCUT2D eigenvalue weighted by atomic mass is 35.5. The maximum absolute atomic E-state index is 14.1. The summed E-state index contributed by atoms with van der Waals surface area (Å²) in [6, 6.07) is 4.88. The summed E-state index contributed by atoms with van der Waals surface area (Å²) < 4.78 is 24.6. The first-order valence-electron chi connectivity index (χ1n) is 7.37. The molecule has 0 spiro atoms. The lowest BCUT2D eigenvalue weighted by Crippen LogP contribution is -2.42. The molecule has 1 saturated heterocycles. The molecule has 1 heterocycles. The van der Waals surface area contributed by atoms with Crippen molar-refractivity contribution in [2.45, 2.75) is 19.3 Å². The van der Waals surface area contributed by atoms with Crippen LogP contribution in [0.3, 0.4) is 0 Å². The minimum Gasteiger partial charge on any atom is -0.383 e. The molecule has 0 aromatic heterocycles. The fourth-order valence-corrected chi connectivity index (χ4v) is 3.05. The highest BCUT2D eigenvalue weighted by Gasteiger charge is 2.33. The zero-order valence-corrected chi connectivity index (χ0v) is 13.2. The highest BCUT2D eigenvalue weighted by Crippen LogP contribution is 2.36. The van der Waals surface area contributed by atoms with E-state index in [1.807, 2.05) is 0 Å². The number of ether oxygens (including phenoxy) is 2. The predicted octanol–water partition coefficient (Wildman–Crippen LogP) is 3.05. The van der Waals surface area contributed by atoms with Crippen molar-refractivity contribution in [2.24, 2.45) is 5.41 Å². The fourth-order valence-electron chi connectivity index (χ4n) is 2.82. The second kappa shape index (κ2) is 8.08. The summed E-state index contributed by atoms with van der Waals surface area (Å²) in [5.74, 6) is -0.217. The first-order valence-corrected chi connectivity index (χ1v) is 7.75. The Morgan fingerprint density at radius 3 is 2.81 bits per heavy atom. The zero-order chi connectivity index (χ0) is 15.1. The molecule has 1 aromatic rings. The molecular weight excluding hydrogens is 293 g/mol. The van der Waals surface area contributed by atoms with Crippen LogP contribution in [0.4, 0.5) is 4.39 Å². The summed E-state index contributed by atoms with van der Waals surface area (Å²) in [5, 5.41) is 3.92. The molecule has 118 valence electrons. The van der Waals surface area contributed by atoms with Crippen LogP contribution in [0.25, 0.3) is 0 Å². The van der Waals surface area contributed by atoms with Gasteiger partial charge in [-0.15, -0.1) is 0 Å². The monoisotopic (exact) mass is 315 g/mol. The summed E-state index contributed by atoms with van der Waals surface area (Å²) in [7, 11) is 1.69. The average Bonchev–Trinajstić information content (AvgIpc) is 2.49. The number of halogens is 2. The van der Waals surface area contributed by atoms with Gasteiger partial charge in [-0.3, -0.25) is 0 Å². The molecule has 0 saturated carbocycles. The molecule has 21 heavy (non-hydrogen) atoms. The third-order valence-electron chi connectivity index (χ3n) is 4.15. The molecule has 0 radical (unpaired) electrons. The molecule has 1 aromatic carbocycles. The Labute approximate surface area is 130 Å². The summed E-state index contributed by atoms with van der Waals surface area (Å²) >= 11 is 6.18. The average molecular weight is 316 g/mol. The second-order valence-corrected chi connectivity index (χ2v) is 6.07. The van der Waals surface area contributed by atoms with Crippen molar-refractivity contribution >= 4 is 11.6 Å². The quantitative estimate of drug-likeness (QED) is 0.785. The van der Waals surface area contributed by atoms with E-state index in [0.29, 0.717) is 23.6 Å². The smallest absolute Gasteiger partial charge is 0.127 e. The number of benzene rings is 1. The van der Waals surface area contributed by atoms with Crippen LogP contribution >= 0.6 is 11.6 Å². The van der Waals surface area contributed by atoms with Gasteiger partial charge in [0, 0.05) is 44.0 Å². The van der Waals surface area contributed by atoms with E-state index in [1.165, 1.54) is 6.07 Å². The number of nitrogens with one attached hydrogen (secondary N) is 1. The van der Waals surface area contributed by atoms with Gasteiger partial charge in [0.15, 0.2) is 0 Å². The number of hydrogen-bond acceptors (Lipinski definition) is 3. The minimum absolute atomic E-state index is 0.00216. The van der Waals surface area contributed by atoms with Crippen molar-refractivity contribution in [1.29, 1.82) is 0 Å². The van der Waals surface area contributed by atoms with Gasteiger partial charge in [-0.25, -0.2) is 4.39 Å². The molecule has 0 amide bonds. The van der Waals surface area contributed by atoms with Gasteiger partial charge >= 0.3 is 0 Å². The summed E-state index contributed by atoms with van der Waals surface area (Å²) in [6.07, 6.45) is 2.47. The molecule has 1 aliphatic heterocycles. The van der Waals surface area contributed by atoms with Gasteiger partial charge in [0.25, 0.3) is 0 Å². The Kier molecular flexibility index (Phi) is 6.42. The van der Waals surface area contributed by atoms with Crippen LogP contribution in [-0.2, 0) is 15.9 Å². The standard InChI is InChI=1S/C16H23ClFNO2/c1-20-10-7-19-12-16(5-8-21-9-6-16)11-13-14(17)3-2-4-15(13)18/h2-4,19H,5-12H2,1H3. The van der Waals surface area contributed by atoms with Crippen molar-refractivity contribution in [3.05, 3.63) is 34.6 Å². The number of hydrogen-bond donors (Lipinski definition) is 1. The third kappa shape index (κ3) is 4.65. The molecule has 0 bridgehead atoms. The van der Waals surface area contributed by atoms with Crippen molar-refractivity contribution in [2.75, 3.05) is 40.0 Å². The van der Waals surface area contributed by atoms with Gasteiger partial charge in [-0.2, -0.15) is 0 Å². The second-order valence-electron chi connectivity index (χ2n) is 5.66. The van der Waals surface area contributed by atoms with E-state index in [-0.39, 0.29) is 11.2 Å². The van der Waals surface area contributed by atoms with Crippen LogP contribution in [0.15, 0.2) is 18.2 Å². The normalized spacial score (nSPS) is 17.9. The molecule has 1 fully saturated rings. The Bertz CT molecular complexity index is 430. The van der Waals surface area contributed by atoms with Crippen molar-refractivity contribution in [1.82, 2.24) is 5.32 Å². The van der Waals surface area contributed by atoms with E-state index in [9.17, 15) is 4.39 Å². The van der Waals surface area contributed by atoms with Gasteiger partial charge in [-0.1, -0.05) is 17.7 Å². The van der Waals surface area contributed by atoms with Gasteiger partial charge in [0.1, 0.15) is 5.82 Å². The van der Waals surface area contributed by atoms with E-state index in [2.05, 4.69) is 5.32 Å². The maximum Gasteiger partial charge on any atom is 0.127 e. The van der Waals surface area contributed by atoms with Crippen LogP contribution in [0, 0.1) is 11.2 Å². The van der Waals surface area contributed by atoms with Crippen LogP contribution in [0.1, 0.15) is 18.4 Å². The molecule has 0 aliphatic carbocycles. The van der Waals surface area contributed by atoms with Crippen molar-refractivity contribution < 1.29 is 13.9 Å². The largest absolute Gasteiger partial charge is 0.383 e. The maximum atomic E-state index is 14.1. The highest BCUT2D eigenvalue weighted by molar-refractivity contribution is 6.31. The molecule has 2 rings (SSSR count). The predicted molar refractivity (Wildman–Crippen MR) is 82.3 cm³/mol. The van der Waals surface area contributed by atoms with Gasteiger partial charge < -0.3 is 14.8 Å². The molecule has 1 N–H and O–H groups in total. The Morgan fingerprint density at radius 1 is 1.38 bits per heavy atom. The third-order valence-corrected chi connectivity index (χ3v) is 4.50. The van der Waals surface area contributed by atoms with E-state index in [1.54, 1.807) is 19.2 Å². The van der Waals surface area contributed by atoms with Crippen LogP contribution in [0.5, 0.6) is 0 Å². The van der Waals surface area contributed by atoms with Crippen molar-refractivity contribution in [3.63, 3.8) is 0 Å². The number of methoxy groups -OCH3 is 1. The first kappa shape index (κ1) is 16.7. The lowest BCUT2D eigenvalue weighted by Gasteiger charge is -2.38. The SMILES string of the molecule is COCCNCC1(Cc2c(F)cccc2Cl)CCOCC1. The Morgan fingerprint density at radius 2 is 2.14 bits per heavy atom. The van der Waals surface area contributed by atoms with Crippen LogP contribution < -0.4 is 5.32 Å². The van der Waals surface area contributed by atoms with E-state index in [0.717, 1.165) is 39.1 Å². The molecular formula is C16H23ClFNO2. The summed E-state index contributed by atoms with van der Waals surface area (Å²) in [6.45, 7) is 3.73. The zero-order valence-electron chi connectivity index (χ0n) is 12.5. The molecule has 1 aliphatic rings. The number of rotatable bonds is 7. The Balaban J connectivity index is 2.08. The fraction of sp³-hybridized carbons (Fsp3) is 0.625. The summed E-state index contributed by atoms with van der Waals surface area (Å²) in [5.41, 5.74) is 0.618. The lowest BCUT2D eigenvalue weighted by atomic mass is 9.75. The van der Waals surface area contributed by atoms with Crippen LogP contribution in [0.2, 0.25) is 5.02 Å².